The molecule has 21 heavy (non-hydrogen) atoms. The molecule has 6 heteroatoms. The Hall–Kier alpha value is -1.95. The molecule has 1 aliphatic rings. The summed E-state index contributed by atoms with van der Waals surface area (Å²) in [5, 5.41) is 9.98. The van der Waals surface area contributed by atoms with Crippen molar-refractivity contribution in [1.82, 2.24) is 9.55 Å². The van der Waals surface area contributed by atoms with Crippen LogP contribution in [0.5, 0.6) is 5.75 Å². The summed E-state index contributed by atoms with van der Waals surface area (Å²) >= 11 is 0. The van der Waals surface area contributed by atoms with Gasteiger partial charge in [-0.2, -0.15) is 8.78 Å². The first-order chi connectivity index (χ1) is 10.1. The summed E-state index contributed by atoms with van der Waals surface area (Å²) in [5.41, 5.74) is 1.99. The molecule has 0 amide bonds. The zero-order chi connectivity index (χ0) is 14.8. The molecule has 2 aromatic rings. The van der Waals surface area contributed by atoms with Gasteiger partial charge in [-0.1, -0.05) is 6.07 Å². The van der Waals surface area contributed by atoms with Crippen LogP contribution in [-0.4, -0.2) is 14.7 Å². The average molecular weight is 294 g/mol. The normalized spacial score (nSPS) is 17.8. The van der Waals surface area contributed by atoms with Crippen LogP contribution in [0, 0.1) is 0 Å². The molecular formula is C15H16F2N2O2. The summed E-state index contributed by atoms with van der Waals surface area (Å²) < 4.78 is 31.7. The fourth-order valence-corrected chi connectivity index (χ4v) is 2.62. The van der Waals surface area contributed by atoms with Gasteiger partial charge in [0.25, 0.3) is 0 Å². The fourth-order valence-electron chi connectivity index (χ4n) is 2.62. The number of alkyl halides is 2. The predicted octanol–water partition coefficient (Wildman–Crippen LogP) is 3.23. The Morgan fingerprint density at radius 2 is 2.29 bits per heavy atom. The molecule has 0 bridgehead atoms. The number of aliphatic hydroxyl groups excluding tert-OH is 1. The molecule has 0 spiro atoms. The highest BCUT2D eigenvalue weighted by Crippen LogP contribution is 2.32. The van der Waals surface area contributed by atoms with Gasteiger partial charge >= 0.3 is 6.55 Å². The van der Waals surface area contributed by atoms with Crippen LogP contribution in [0.2, 0.25) is 0 Å². The van der Waals surface area contributed by atoms with Crippen molar-refractivity contribution in [1.29, 1.82) is 0 Å². The monoisotopic (exact) mass is 294 g/mol. The number of aromatic nitrogens is 2. The first-order valence-corrected chi connectivity index (χ1v) is 6.88. The maximum Gasteiger partial charge on any atom is 0.320 e. The smallest absolute Gasteiger partial charge is 0.320 e. The van der Waals surface area contributed by atoms with E-state index in [1.807, 2.05) is 6.07 Å². The minimum absolute atomic E-state index is 0.0355. The maximum atomic E-state index is 12.7. The first kappa shape index (κ1) is 14.0. The second-order valence-electron chi connectivity index (χ2n) is 5.09. The highest BCUT2D eigenvalue weighted by atomic mass is 19.3. The Bertz CT molecular complexity index is 628. The Morgan fingerprint density at radius 3 is 3.10 bits per heavy atom. The van der Waals surface area contributed by atoms with Gasteiger partial charge in [-0.3, -0.25) is 4.57 Å². The molecule has 1 aromatic carbocycles. The van der Waals surface area contributed by atoms with Gasteiger partial charge in [-0.25, -0.2) is 4.98 Å². The van der Waals surface area contributed by atoms with Gasteiger partial charge in [0.15, 0.2) is 5.82 Å². The Kier molecular flexibility index (Phi) is 3.88. The van der Waals surface area contributed by atoms with Crippen molar-refractivity contribution in [3.8, 4) is 5.75 Å². The number of nitrogens with zero attached hydrogens (tertiary/aromatic N) is 2. The minimum Gasteiger partial charge on any atom is -0.486 e. The third-order valence-corrected chi connectivity index (χ3v) is 3.73. The van der Waals surface area contributed by atoms with Crippen molar-refractivity contribution < 1.29 is 18.6 Å². The number of rotatable bonds is 4. The van der Waals surface area contributed by atoms with Gasteiger partial charge in [-0.15, -0.1) is 0 Å². The van der Waals surface area contributed by atoms with Crippen LogP contribution in [0.4, 0.5) is 8.78 Å². The first-order valence-electron chi connectivity index (χ1n) is 6.88. The SMILES string of the molecule is OC1CCCc2ccc(OCc3nccn3C(F)F)cc21. The summed E-state index contributed by atoms with van der Waals surface area (Å²) in [6.07, 6.45) is 4.73. The lowest BCUT2D eigenvalue weighted by molar-refractivity contribution is 0.0632. The van der Waals surface area contributed by atoms with E-state index >= 15 is 0 Å². The quantitative estimate of drug-likeness (QED) is 0.941. The molecule has 1 aromatic heterocycles. The lowest BCUT2D eigenvalue weighted by atomic mass is 9.89. The molecule has 112 valence electrons. The van der Waals surface area contributed by atoms with Crippen LogP contribution in [-0.2, 0) is 13.0 Å². The topological polar surface area (TPSA) is 47.3 Å². The van der Waals surface area contributed by atoms with Gasteiger partial charge < -0.3 is 9.84 Å². The Labute approximate surface area is 121 Å². The van der Waals surface area contributed by atoms with E-state index in [2.05, 4.69) is 4.98 Å². The highest BCUT2D eigenvalue weighted by Gasteiger charge is 2.18. The summed E-state index contributed by atoms with van der Waals surface area (Å²) in [5.74, 6) is 0.724. The number of hydrogen-bond acceptors (Lipinski definition) is 3. The molecule has 0 fully saturated rings. The molecule has 0 aliphatic heterocycles. The van der Waals surface area contributed by atoms with Crippen LogP contribution in [0.25, 0.3) is 0 Å². The summed E-state index contributed by atoms with van der Waals surface area (Å²) in [6.45, 7) is -2.66. The molecule has 3 rings (SSSR count). The van der Waals surface area contributed by atoms with Crippen LogP contribution in [0.15, 0.2) is 30.6 Å². The maximum absolute atomic E-state index is 12.7. The standard InChI is InChI=1S/C15H16F2N2O2/c16-15(17)19-7-6-18-14(19)9-21-11-5-4-10-2-1-3-13(20)12(10)8-11/h4-8,13,15,20H,1-3,9H2. The van der Waals surface area contributed by atoms with Gasteiger partial charge in [0.2, 0.25) is 0 Å². The minimum atomic E-state index is -2.63. The summed E-state index contributed by atoms with van der Waals surface area (Å²) in [6, 6.07) is 5.51. The van der Waals surface area contributed by atoms with Gasteiger partial charge in [0.05, 0.1) is 6.10 Å². The fraction of sp³-hybridized carbons (Fsp3) is 0.400. The summed E-state index contributed by atoms with van der Waals surface area (Å²) in [4.78, 5) is 3.86. The summed E-state index contributed by atoms with van der Waals surface area (Å²) in [7, 11) is 0. The molecule has 1 heterocycles. The van der Waals surface area contributed by atoms with E-state index in [1.165, 1.54) is 12.4 Å². The Morgan fingerprint density at radius 1 is 1.43 bits per heavy atom. The van der Waals surface area contributed by atoms with Crippen molar-refractivity contribution in [2.24, 2.45) is 0 Å². The molecule has 4 nitrogen and oxygen atoms in total. The molecule has 0 saturated carbocycles. The average Bonchev–Trinajstić information content (AvgIpc) is 2.94. The zero-order valence-electron chi connectivity index (χ0n) is 11.4. The number of imidazole rings is 1. The van der Waals surface area contributed by atoms with E-state index in [0.29, 0.717) is 5.75 Å². The lowest BCUT2D eigenvalue weighted by Gasteiger charge is -2.22. The number of halogens is 2. The van der Waals surface area contributed by atoms with E-state index in [1.54, 1.807) is 12.1 Å². The van der Waals surface area contributed by atoms with Crippen molar-refractivity contribution >= 4 is 0 Å². The van der Waals surface area contributed by atoms with Crippen LogP contribution >= 0.6 is 0 Å². The van der Waals surface area contributed by atoms with Gasteiger partial charge in [0, 0.05) is 12.4 Å². The highest BCUT2D eigenvalue weighted by molar-refractivity contribution is 5.38. The zero-order valence-corrected chi connectivity index (χ0v) is 11.4. The molecule has 0 radical (unpaired) electrons. The van der Waals surface area contributed by atoms with Crippen LogP contribution < -0.4 is 4.74 Å². The van der Waals surface area contributed by atoms with Crippen LogP contribution in [0.1, 0.15) is 42.4 Å². The molecule has 1 N–H and O–H groups in total. The van der Waals surface area contributed by atoms with E-state index in [0.717, 1.165) is 35.0 Å². The van der Waals surface area contributed by atoms with E-state index in [9.17, 15) is 13.9 Å². The molecule has 1 atom stereocenters. The van der Waals surface area contributed by atoms with Crippen molar-refractivity contribution in [3.63, 3.8) is 0 Å². The van der Waals surface area contributed by atoms with E-state index in [4.69, 9.17) is 4.74 Å². The lowest BCUT2D eigenvalue weighted by Crippen LogP contribution is -2.10. The second-order valence-corrected chi connectivity index (χ2v) is 5.09. The number of aryl methyl sites for hydroxylation is 1. The predicted molar refractivity (Wildman–Crippen MR) is 72.2 cm³/mol. The number of hydrogen-bond donors (Lipinski definition) is 1. The van der Waals surface area contributed by atoms with Crippen LogP contribution in [0.3, 0.4) is 0 Å². The molecule has 1 aliphatic carbocycles. The van der Waals surface area contributed by atoms with E-state index < -0.39 is 12.7 Å². The third-order valence-electron chi connectivity index (χ3n) is 3.73. The number of fused-ring (bicyclic) bond motifs is 1. The second kappa shape index (κ2) is 5.81. The molecule has 1 unspecified atom stereocenters. The van der Waals surface area contributed by atoms with Crippen molar-refractivity contribution in [2.75, 3.05) is 0 Å². The third kappa shape index (κ3) is 2.90. The Balaban J connectivity index is 1.74. The molecular weight excluding hydrogens is 278 g/mol. The van der Waals surface area contributed by atoms with E-state index in [-0.39, 0.29) is 12.4 Å². The number of aliphatic hydroxyl groups is 1. The number of benzene rings is 1. The van der Waals surface area contributed by atoms with Gasteiger partial charge in [-0.05, 0) is 42.5 Å². The molecule has 0 saturated heterocycles. The number of ether oxygens (including phenoxy) is 1. The van der Waals surface area contributed by atoms with Crippen molar-refractivity contribution in [2.45, 2.75) is 38.5 Å². The van der Waals surface area contributed by atoms with Gasteiger partial charge in [0.1, 0.15) is 12.4 Å². The van der Waals surface area contributed by atoms with Crippen molar-refractivity contribution in [3.05, 3.63) is 47.5 Å². The largest absolute Gasteiger partial charge is 0.486 e.